The first-order chi connectivity index (χ1) is 11.5. The standard InChI is InChI=1S/C18H17F3N2O/c19-18(20,21)16-11-15(9-8-14(16)12-22)23-17(7-4-10-24)13-5-2-1-3-6-13/h1-3,5-6,8-9,11,17,23-24H,4,7,10H2. The Balaban J connectivity index is 2.31. The highest BCUT2D eigenvalue weighted by Crippen LogP contribution is 2.34. The van der Waals surface area contributed by atoms with Gasteiger partial charge in [-0.1, -0.05) is 30.3 Å². The van der Waals surface area contributed by atoms with Crippen molar-refractivity contribution in [1.82, 2.24) is 0 Å². The van der Waals surface area contributed by atoms with Gasteiger partial charge in [-0.25, -0.2) is 0 Å². The van der Waals surface area contributed by atoms with E-state index in [1.165, 1.54) is 12.1 Å². The van der Waals surface area contributed by atoms with Crippen molar-refractivity contribution in [1.29, 1.82) is 5.26 Å². The van der Waals surface area contributed by atoms with E-state index in [-0.39, 0.29) is 18.3 Å². The van der Waals surface area contributed by atoms with Crippen molar-refractivity contribution in [2.24, 2.45) is 0 Å². The highest BCUT2D eigenvalue weighted by atomic mass is 19.4. The number of hydrogen-bond donors (Lipinski definition) is 2. The van der Waals surface area contributed by atoms with Crippen LogP contribution in [0.15, 0.2) is 48.5 Å². The van der Waals surface area contributed by atoms with Gasteiger partial charge in [0.05, 0.1) is 23.2 Å². The summed E-state index contributed by atoms with van der Waals surface area (Å²) in [6, 6.07) is 14.2. The van der Waals surface area contributed by atoms with Gasteiger partial charge in [-0.2, -0.15) is 18.4 Å². The van der Waals surface area contributed by atoms with E-state index in [1.54, 1.807) is 6.07 Å². The molecule has 0 saturated heterocycles. The quantitative estimate of drug-likeness (QED) is 0.817. The van der Waals surface area contributed by atoms with Crippen molar-refractivity contribution in [2.75, 3.05) is 11.9 Å². The molecule has 0 fully saturated rings. The predicted octanol–water partition coefficient (Wildman–Crippen LogP) is 4.50. The second-order valence-corrected chi connectivity index (χ2v) is 5.34. The van der Waals surface area contributed by atoms with Crippen LogP contribution in [-0.2, 0) is 6.18 Å². The van der Waals surface area contributed by atoms with E-state index in [4.69, 9.17) is 10.4 Å². The Bertz CT molecular complexity index is 708. The van der Waals surface area contributed by atoms with Crippen LogP contribution in [0.1, 0.15) is 35.6 Å². The van der Waals surface area contributed by atoms with Gasteiger partial charge in [0.25, 0.3) is 0 Å². The Hall–Kier alpha value is -2.52. The molecule has 0 heterocycles. The lowest BCUT2D eigenvalue weighted by molar-refractivity contribution is -0.137. The minimum Gasteiger partial charge on any atom is -0.396 e. The Morgan fingerprint density at radius 2 is 1.83 bits per heavy atom. The van der Waals surface area contributed by atoms with Crippen molar-refractivity contribution in [3.8, 4) is 6.07 Å². The molecule has 3 nitrogen and oxygen atoms in total. The van der Waals surface area contributed by atoms with E-state index < -0.39 is 17.3 Å². The number of aliphatic hydroxyl groups excluding tert-OH is 1. The van der Waals surface area contributed by atoms with E-state index >= 15 is 0 Å². The third kappa shape index (κ3) is 4.49. The highest BCUT2D eigenvalue weighted by Gasteiger charge is 2.34. The van der Waals surface area contributed by atoms with Gasteiger partial charge < -0.3 is 10.4 Å². The molecule has 1 atom stereocenters. The van der Waals surface area contributed by atoms with Gasteiger partial charge >= 0.3 is 6.18 Å². The molecule has 0 aliphatic heterocycles. The van der Waals surface area contributed by atoms with Gasteiger partial charge in [0, 0.05) is 12.3 Å². The number of nitriles is 1. The number of hydrogen-bond acceptors (Lipinski definition) is 3. The number of halogens is 3. The molecule has 2 rings (SSSR count). The number of nitrogens with zero attached hydrogens (tertiary/aromatic N) is 1. The molecule has 0 bridgehead atoms. The van der Waals surface area contributed by atoms with Crippen molar-refractivity contribution >= 4 is 5.69 Å². The van der Waals surface area contributed by atoms with Crippen LogP contribution < -0.4 is 5.32 Å². The zero-order chi connectivity index (χ0) is 17.6. The van der Waals surface area contributed by atoms with E-state index in [9.17, 15) is 13.2 Å². The summed E-state index contributed by atoms with van der Waals surface area (Å²) in [7, 11) is 0. The molecule has 2 aromatic rings. The molecule has 0 amide bonds. The third-order valence-corrected chi connectivity index (χ3v) is 3.64. The molecule has 0 aliphatic carbocycles. The van der Waals surface area contributed by atoms with Crippen LogP contribution in [0.5, 0.6) is 0 Å². The largest absolute Gasteiger partial charge is 0.417 e. The number of benzene rings is 2. The van der Waals surface area contributed by atoms with Crippen LogP contribution in [0.4, 0.5) is 18.9 Å². The summed E-state index contributed by atoms with van der Waals surface area (Å²) in [5, 5.41) is 21.0. The molecule has 2 N–H and O–H groups in total. The zero-order valence-corrected chi connectivity index (χ0v) is 12.8. The Kier molecular flexibility index (Phi) is 5.83. The van der Waals surface area contributed by atoms with E-state index in [2.05, 4.69) is 5.32 Å². The summed E-state index contributed by atoms with van der Waals surface area (Å²) in [5.41, 5.74) is -0.152. The smallest absolute Gasteiger partial charge is 0.396 e. The molecule has 0 saturated carbocycles. The first-order valence-electron chi connectivity index (χ1n) is 7.49. The summed E-state index contributed by atoms with van der Waals surface area (Å²) in [6.45, 7) is 0.00614. The van der Waals surface area contributed by atoms with Crippen LogP contribution >= 0.6 is 0 Å². The summed E-state index contributed by atoms with van der Waals surface area (Å²) in [6.07, 6.45) is -3.49. The lowest BCUT2D eigenvalue weighted by Crippen LogP contribution is -2.13. The Morgan fingerprint density at radius 1 is 1.12 bits per heavy atom. The lowest BCUT2D eigenvalue weighted by Gasteiger charge is -2.21. The Labute approximate surface area is 138 Å². The molecule has 0 radical (unpaired) electrons. The fourth-order valence-electron chi connectivity index (χ4n) is 2.47. The first-order valence-corrected chi connectivity index (χ1v) is 7.49. The van der Waals surface area contributed by atoms with E-state index in [1.807, 2.05) is 30.3 Å². The molecule has 0 aromatic heterocycles. The van der Waals surface area contributed by atoms with Gasteiger partial charge in [-0.3, -0.25) is 0 Å². The van der Waals surface area contributed by atoms with Crippen molar-refractivity contribution < 1.29 is 18.3 Å². The number of alkyl halides is 3. The fourth-order valence-corrected chi connectivity index (χ4v) is 2.47. The van der Waals surface area contributed by atoms with Gasteiger partial charge in [-0.05, 0) is 36.6 Å². The summed E-state index contributed by atoms with van der Waals surface area (Å²) < 4.78 is 39.2. The summed E-state index contributed by atoms with van der Waals surface area (Å²) in [4.78, 5) is 0. The average Bonchev–Trinajstić information content (AvgIpc) is 2.58. The molecular weight excluding hydrogens is 317 g/mol. The third-order valence-electron chi connectivity index (χ3n) is 3.64. The zero-order valence-electron chi connectivity index (χ0n) is 12.8. The maximum Gasteiger partial charge on any atom is 0.417 e. The fraction of sp³-hybridized carbons (Fsp3) is 0.278. The minimum atomic E-state index is -4.59. The van der Waals surface area contributed by atoms with Crippen molar-refractivity contribution in [3.05, 3.63) is 65.2 Å². The maximum atomic E-state index is 13.1. The van der Waals surface area contributed by atoms with Crippen LogP contribution in [0, 0.1) is 11.3 Å². The number of aliphatic hydroxyl groups is 1. The Morgan fingerprint density at radius 3 is 2.42 bits per heavy atom. The molecule has 1 unspecified atom stereocenters. The van der Waals surface area contributed by atoms with Crippen LogP contribution in [-0.4, -0.2) is 11.7 Å². The predicted molar refractivity (Wildman–Crippen MR) is 85.3 cm³/mol. The maximum absolute atomic E-state index is 13.1. The minimum absolute atomic E-state index is 0.00614. The van der Waals surface area contributed by atoms with Crippen LogP contribution in [0.25, 0.3) is 0 Å². The molecule has 2 aromatic carbocycles. The normalized spacial score (nSPS) is 12.5. The van der Waals surface area contributed by atoms with Gasteiger partial charge in [-0.15, -0.1) is 0 Å². The topological polar surface area (TPSA) is 56.0 Å². The SMILES string of the molecule is N#Cc1ccc(NC(CCCO)c2ccccc2)cc1C(F)(F)F. The number of nitrogens with one attached hydrogen (secondary N) is 1. The number of anilines is 1. The van der Waals surface area contributed by atoms with Crippen LogP contribution in [0.3, 0.4) is 0 Å². The van der Waals surface area contributed by atoms with Crippen molar-refractivity contribution in [2.45, 2.75) is 25.1 Å². The summed E-state index contributed by atoms with van der Waals surface area (Å²) >= 11 is 0. The second kappa shape index (κ2) is 7.84. The first kappa shape index (κ1) is 17.8. The number of rotatable bonds is 6. The monoisotopic (exact) mass is 334 g/mol. The van der Waals surface area contributed by atoms with E-state index in [0.717, 1.165) is 11.6 Å². The van der Waals surface area contributed by atoms with Gasteiger partial charge in [0.1, 0.15) is 0 Å². The lowest BCUT2D eigenvalue weighted by atomic mass is 10.0. The summed E-state index contributed by atoms with van der Waals surface area (Å²) in [5.74, 6) is 0. The molecule has 24 heavy (non-hydrogen) atoms. The highest BCUT2D eigenvalue weighted by molar-refractivity contribution is 5.54. The molecule has 6 heteroatoms. The molecule has 126 valence electrons. The van der Waals surface area contributed by atoms with Gasteiger partial charge in [0.15, 0.2) is 0 Å². The van der Waals surface area contributed by atoms with Gasteiger partial charge in [0.2, 0.25) is 0 Å². The van der Waals surface area contributed by atoms with Crippen molar-refractivity contribution in [3.63, 3.8) is 0 Å². The van der Waals surface area contributed by atoms with E-state index in [0.29, 0.717) is 12.8 Å². The second-order valence-electron chi connectivity index (χ2n) is 5.34. The molecular formula is C18H17F3N2O. The molecule has 0 spiro atoms. The molecule has 0 aliphatic rings. The average molecular weight is 334 g/mol. The van der Waals surface area contributed by atoms with Crippen LogP contribution in [0.2, 0.25) is 0 Å².